The van der Waals surface area contributed by atoms with Crippen LogP contribution in [0.25, 0.3) is 11.4 Å². The fourth-order valence-corrected chi connectivity index (χ4v) is 1.99. The van der Waals surface area contributed by atoms with Gasteiger partial charge in [0.15, 0.2) is 11.5 Å². The van der Waals surface area contributed by atoms with E-state index in [1.165, 1.54) is 0 Å². The molecule has 0 radical (unpaired) electrons. The molecule has 0 saturated carbocycles. The Labute approximate surface area is 108 Å². The first-order valence-electron chi connectivity index (χ1n) is 5.91. The van der Waals surface area contributed by atoms with Gasteiger partial charge in [0.1, 0.15) is 5.82 Å². The van der Waals surface area contributed by atoms with E-state index in [1.54, 1.807) is 25.1 Å². The predicted molar refractivity (Wildman–Crippen MR) is 67.5 cm³/mol. The number of nitrogens with one attached hydrogen (secondary N) is 1. The van der Waals surface area contributed by atoms with E-state index in [1.807, 2.05) is 0 Å². The van der Waals surface area contributed by atoms with Gasteiger partial charge < -0.3 is 19.6 Å². The van der Waals surface area contributed by atoms with E-state index in [4.69, 9.17) is 9.47 Å². The van der Waals surface area contributed by atoms with E-state index in [2.05, 4.69) is 9.97 Å². The van der Waals surface area contributed by atoms with E-state index in [0.717, 1.165) is 0 Å². The molecular weight excluding hydrogens is 248 g/mol. The SMILES string of the molecule is CCc1c(O)nc(-c2ccc3c(c2)OCO3)[nH]c1=O. The van der Waals surface area contributed by atoms with Crippen LogP contribution in [0.5, 0.6) is 17.4 Å². The average molecular weight is 260 g/mol. The van der Waals surface area contributed by atoms with Gasteiger partial charge in [0.05, 0.1) is 5.56 Å². The number of aromatic hydroxyl groups is 1. The first-order valence-corrected chi connectivity index (χ1v) is 5.91. The van der Waals surface area contributed by atoms with Gasteiger partial charge in [0.2, 0.25) is 12.7 Å². The second-order valence-corrected chi connectivity index (χ2v) is 4.14. The fraction of sp³-hybridized carbons (Fsp3) is 0.231. The van der Waals surface area contributed by atoms with E-state index in [-0.39, 0.29) is 23.8 Å². The van der Waals surface area contributed by atoms with Crippen molar-refractivity contribution in [3.05, 3.63) is 34.1 Å². The summed E-state index contributed by atoms with van der Waals surface area (Å²) in [5, 5.41) is 9.74. The third kappa shape index (κ3) is 1.91. The van der Waals surface area contributed by atoms with Crippen molar-refractivity contribution in [3.8, 4) is 28.8 Å². The van der Waals surface area contributed by atoms with Gasteiger partial charge in [-0.1, -0.05) is 6.92 Å². The van der Waals surface area contributed by atoms with Gasteiger partial charge in [0.25, 0.3) is 5.56 Å². The molecule has 0 saturated heterocycles. The summed E-state index contributed by atoms with van der Waals surface area (Å²) in [7, 11) is 0. The molecule has 0 amide bonds. The molecule has 0 aliphatic carbocycles. The molecule has 6 heteroatoms. The standard InChI is InChI=1S/C13H12N2O4/c1-2-8-12(16)14-11(15-13(8)17)7-3-4-9-10(5-7)19-6-18-9/h3-5H,2,6H2,1H3,(H2,14,15,16,17). The summed E-state index contributed by atoms with van der Waals surface area (Å²) in [6.07, 6.45) is 0.426. The summed E-state index contributed by atoms with van der Waals surface area (Å²) in [6, 6.07) is 5.20. The molecule has 2 aromatic rings. The Hall–Kier alpha value is -2.50. The third-order valence-corrected chi connectivity index (χ3v) is 2.99. The summed E-state index contributed by atoms with van der Waals surface area (Å²) in [6.45, 7) is 1.97. The Morgan fingerprint density at radius 3 is 2.89 bits per heavy atom. The lowest BCUT2D eigenvalue weighted by Crippen LogP contribution is -2.14. The fourth-order valence-electron chi connectivity index (χ4n) is 1.99. The minimum Gasteiger partial charge on any atom is -0.493 e. The molecule has 1 aromatic carbocycles. The van der Waals surface area contributed by atoms with Crippen molar-refractivity contribution in [2.45, 2.75) is 13.3 Å². The highest BCUT2D eigenvalue weighted by Gasteiger charge is 2.16. The molecule has 19 heavy (non-hydrogen) atoms. The molecule has 0 unspecified atom stereocenters. The second kappa shape index (κ2) is 4.31. The molecule has 0 spiro atoms. The van der Waals surface area contributed by atoms with Crippen molar-refractivity contribution < 1.29 is 14.6 Å². The van der Waals surface area contributed by atoms with Gasteiger partial charge in [-0.25, -0.2) is 0 Å². The first kappa shape index (κ1) is 11.6. The van der Waals surface area contributed by atoms with Crippen LogP contribution in [0.1, 0.15) is 12.5 Å². The number of hydrogen-bond acceptors (Lipinski definition) is 5. The Bertz CT molecular complexity index is 694. The van der Waals surface area contributed by atoms with Crippen molar-refractivity contribution >= 4 is 0 Å². The Morgan fingerprint density at radius 1 is 1.37 bits per heavy atom. The van der Waals surface area contributed by atoms with Crippen LogP contribution in [0.4, 0.5) is 0 Å². The molecule has 6 nitrogen and oxygen atoms in total. The molecule has 0 bridgehead atoms. The van der Waals surface area contributed by atoms with Crippen molar-refractivity contribution in [3.63, 3.8) is 0 Å². The van der Waals surface area contributed by atoms with Crippen LogP contribution in [0.2, 0.25) is 0 Å². The Kier molecular flexibility index (Phi) is 2.63. The lowest BCUT2D eigenvalue weighted by Gasteiger charge is -2.05. The average Bonchev–Trinajstić information content (AvgIpc) is 2.85. The number of hydrogen-bond donors (Lipinski definition) is 2. The van der Waals surface area contributed by atoms with E-state index in [0.29, 0.717) is 29.3 Å². The number of ether oxygens (including phenoxy) is 2. The zero-order chi connectivity index (χ0) is 13.4. The summed E-state index contributed by atoms with van der Waals surface area (Å²) in [4.78, 5) is 18.4. The lowest BCUT2D eigenvalue weighted by atomic mass is 10.1. The Balaban J connectivity index is 2.10. The van der Waals surface area contributed by atoms with Gasteiger partial charge in [-0.3, -0.25) is 4.79 Å². The summed E-state index contributed by atoms with van der Waals surface area (Å²) >= 11 is 0. The van der Waals surface area contributed by atoms with Crippen LogP contribution >= 0.6 is 0 Å². The normalized spacial score (nSPS) is 12.7. The number of rotatable bonds is 2. The zero-order valence-corrected chi connectivity index (χ0v) is 10.3. The smallest absolute Gasteiger partial charge is 0.258 e. The molecular formula is C13H12N2O4. The quantitative estimate of drug-likeness (QED) is 0.853. The highest BCUT2D eigenvalue weighted by molar-refractivity contribution is 5.62. The Morgan fingerprint density at radius 2 is 2.16 bits per heavy atom. The van der Waals surface area contributed by atoms with E-state index in [9.17, 15) is 9.90 Å². The zero-order valence-electron chi connectivity index (χ0n) is 10.3. The van der Waals surface area contributed by atoms with E-state index < -0.39 is 0 Å². The van der Waals surface area contributed by atoms with Crippen LogP contribution in [-0.2, 0) is 6.42 Å². The van der Waals surface area contributed by atoms with Crippen molar-refractivity contribution in [2.24, 2.45) is 0 Å². The molecule has 3 rings (SSSR count). The van der Waals surface area contributed by atoms with Gasteiger partial charge in [-0.05, 0) is 24.6 Å². The topological polar surface area (TPSA) is 84.4 Å². The van der Waals surface area contributed by atoms with E-state index >= 15 is 0 Å². The van der Waals surface area contributed by atoms with Crippen LogP contribution in [0.15, 0.2) is 23.0 Å². The van der Waals surface area contributed by atoms with Crippen LogP contribution in [0, 0.1) is 0 Å². The number of aromatic amines is 1. The minimum absolute atomic E-state index is 0.183. The molecule has 2 heterocycles. The monoisotopic (exact) mass is 260 g/mol. The van der Waals surface area contributed by atoms with Gasteiger partial charge in [0, 0.05) is 5.56 Å². The predicted octanol–water partition coefficient (Wildman–Crippen LogP) is 1.43. The molecule has 0 atom stereocenters. The van der Waals surface area contributed by atoms with Gasteiger partial charge >= 0.3 is 0 Å². The first-order chi connectivity index (χ1) is 9.19. The molecule has 2 N–H and O–H groups in total. The maximum Gasteiger partial charge on any atom is 0.258 e. The maximum atomic E-state index is 11.8. The third-order valence-electron chi connectivity index (χ3n) is 2.99. The van der Waals surface area contributed by atoms with Crippen molar-refractivity contribution in [2.75, 3.05) is 6.79 Å². The number of H-pyrrole nitrogens is 1. The molecule has 1 aliphatic rings. The maximum absolute atomic E-state index is 11.8. The number of fused-ring (bicyclic) bond motifs is 1. The second-order valence-electron chi connectivity index (χ2n) is 4.14. The highest BCUT2D eigenvalue weighted by atomic mass is 16.7. The molecule has 1 aliphatic heterocycles. The largest absolute Gasteiger partial charge is 0.493 e. The van der Waals surface area contributed by atoms with Crippen molar-refractivity contribution in [1.29, 1.82) is 0 Å². The molecule has 98 valence electrons. The summed E-state index contributed by atoms with van der Waals surface area (Å²) in [5.74, 6) is 1.32. The van der Waals surface area contributed by atoms with Gasteiger partial charge in [-0.15, -0.1) is 0 Å². The number of aromatic nitrogens is 2. The molecule has 1 aromatic heterocycles. The van der Waals surface area contributed by atoms with Crippen LogP contribution < -0.4 is 15.0 Å². The van der Waals surface area contributed by atoms with Crippen LogP contribution in [-0.4, -0.2) is 21.9 Å². The van der Waals surface area contributed by atoms with Crippen molar-refractivity contribution in [1.82, 2.24) is 9.97 Å². The minimum atomic E-state index is -0.331. The van der Waals surface area contributed by atoms with Gasteiger partial charge in [-0.2, -0.15) is 4.98 Å². The summed E-state index contributed by atoms with van der Waals surface area (Å²) in [5.41, 5.74) is 0.603. The molecule has 0 fully saturated rings. The number of nitrogens with zero attached hydrogens (tertiary/aromatic N) is 1. The number of benzene rings is 1. The summed E-state index contributed by atoms with van der Waals surface area (Å²) < 4.78 is 10.5. The highest BCUT2D eigenvalue weighted by Crippen LogP contribution is 2.35. The van der Waals surface area contributed by atoms with Crippen LogP contribution in [0.3, 0.4) is 0 Å². The lowest BCUT2D eigenvalue weighted by molar-refractivity contribution is 0.174.